The number of rotatable bonds is 3. The minimum absolute atomic E-state index is 0.181. The number of amides is 1. The van der Waals surface area contributed by atoms with Gasteiger partial charge in [0.15, 0.2) is 0 Å². The Kier molecular flexibility index (Phi) is 4.66. The van der Waals surface area contributed by atoms with Crippen LogP contribution in [0, 0.1) is 5.41 Å². The van der Waals surface area contributed by atoms with Crippen LogP contribution < -0.4 is 5.73 Å². The molecule has 2 unspecified atom stereocenters. The van der Waals surface area contributed by atoms with Crippen molar-refractivity contribution in [2.45, 2.75) is 26.1 Å². The maximum absolute atomic E-state index is 11.6. The predicted molar refractivity (Wildman–Crippen MR) is 57.7 cm³/mol. The Hall–Kier alpha value is -1.18. The molecule has 1 saturated heterocycles. The average Bonchev–Trinajstić information content (AvgIpc) is 2.25. The fraction of sp³-hybridized carbons (Fsp3) is 0.778. The standard InChI is InChI=1S/C9H18N4O3/c1-3-15-9(14)13(6-10)12-4-5-16-8(11)7(12)2/h6-8,10H,3-5,11H2,1-2H3. The Bertz CT molecular complexity index is 261. The smallest absolute Gasteiger partial charge is 0.430 e. The summed E-state index contributed by atoms with van der Waals surface area (Å²) < 4.78 is 10.1. The van der Waals surface area contributed by atoms with Crippen LogP contribution in [0.25, 0.3) is 0 Å². The molecule has 7 heteroatoms. The summed E-state index contributed by atoms with van der Waals surface area (Å²) in [6, 6.07) is -0.181. The first kappa shape index (κ1) is 12.9. The van der Waals surface area contributed by atoms with E-state index in [1.807, 2.05) is 6.92 Å². The predicted octanol–water partition coefficient (Wildman–Crippen LogP) is -0.0275. The number of hydrogen-bond donors (Lipinski definition) is 2. The summed E-state index contributed by atoms with van der Waals surface area (Å²) in [7, 11) is 0. The molecule has 0 aliphatic carbocycles. The first-order valence-electron chi connectivity index (χ1n) is 5.22. The third-order valence-corrected chi connectivity index (χ3v) is 2.43. The van der Waals surface area contributed by atoms with Crippen LogP contribution >= 0.6 is 0 Å². The molecule has 0 spiro atoms. The number of nitrogens with one attached hydrogen (secondary N) is 1. The molecule has 1 heterocycles. The Morgan fingerprint density at radius 1 is 1.81 bits per heavy atom. The van der Waals surface area contributed by atoms with E-state index in [2.05, 4.69) is 0 Å². The summed E-state index contributed by atoms with van der Waals surface area (Å²) in [4.78, 5) is 11.6. The van der Waals surface area contributed by atoms with E-state index in [1.54, 1.807) is 11.9 Å². The molecule has 1 fully saturated rings. The van der Waals surface area contributed by atoms with Gasteiger partial charge in [0, 0.05) is 6.54 Å². The van der Waals surface area contributed by atoms with Crippen LogP contribution in [0.15, 0.2) is 0 Å². The summed E-state index contributed by atoms with van der Waals surface area (Å²) in [6.07, 6.45) is -0.115. The van der Waals surface area contributed by atoms with Crippen molar-refractivity contribution in [1.29, 1.82) is 5.41 Å². The Morgan fingerprint density at radius 2 is 2.50 bits per heavy atom. The van der Waals surface area contributed by atoms with Gasteiger partial charge in [0.1, 0.15) is 12.6 Å². The zero-order valence-electron chi connectivity index (χ0n) is 9.55. The van der Waals surface area contributed by atoms with Gasteiger partial charge in [0.2, 0.25) is 0 Å². The maximum atomic E-state index is 11.6. The van der Waals surface area contributed by atoms with Crippen LogP contribution in [0.3, 0.4) is 0 Å². The second kappa shape index (κ2) is 5.78. The van der Waals surface area contributed by atoms with Crippen molar-refractivity contribution in [2.24, 2.45) is 5.73 Å². The minimum atomic E-state index is -0.571. The molecule has 92 valence electrons. The number of hydrazine groups is 1. The van der Waals surface area contributed by atoms with E-state index >= 15 is 0 Å². The van der Waals surface area contributed by atoms with E-state index in [9.17, 15) is 4.79 Å². The van der Waals surface area contributed by atoms with Gasteiger partial charge in [-0.1, -0.05) is 0 Å². The van der Waals surface area contributed by atoms with Crippen molar-refractivity contribution in [3.05, 3.63) is 0 Å². The van der Waals surface area contributed by atoms with Crippen LogP contribution in [-0.4, -0.2) is 54.5 Å². The number of nitrogens with zero attached hydrogens (tertiary/aromatic N) is 2. The third kappa shape index (κ3) is 2.69. The molecule has 3 N–H and O–H groups in total. The number of hydrogen-bond acceptors (Lipinski definition) is 6. The van der Waals surface area contributed by atoms with Crippen LogP contribution in [0.1, 0.15) is 13.8 Å². The van der Waals surface area contributed by atoms with Crippen LogP contribution in [-0.2, 0) is 9.47 Å². The summed E-state index contributed by atoms with van der Waals surface area (Å²) in [5.74, 6) is 0. The average molecular weight is 230 g/mol. The van der Waals surface area contributed by atoms with E-state index in [0.717, 1.165) is 11.3 Å². The number of carbonyl (C=O) groups is 1. The largest absolute Gasteiger partial charge is 0.448 e. The van der Waals surface area contributed by atoms with E-state index in [4.69, 9.17) is 20.6 Å². The second-order valence-electron chi connectivity index (χ2n) is 3.41. The first-order valence-corrected chi connectivity index (χ1v) is 5.22. The quantitative estimate of drug-likeness (QED) is 0.525. The molecule has 16 heavy (non-hydrogen) atoms. The van der Waals surface area contributed by atoms with Crippen LogP contribution in [0.5, 0.6) is 0 Å². The topological polar surface area (TPSA) is 91.9 Å². The first-order chi connectivity index (χ1) is 7.61. The molecule has 0 aromatic rings. The highest BCUT2D eigenvalue weighted by atomic mass is 16.6. The highest BCUT2D eigenvalue weighted by molar-refractivity contribution is 5.80. The van der Waals surface area contributed by atoms with Gasteiger partial charge in [-0.05, 0) is 13.8 Å². The molecule has 0 saturated carbocycles. The summed E-state index contributed by atoms with van der Waals surface area (Å²) >= 11 is 0. The lowest BCUT2D eigenvalue weighted by molar-refractivity contribution is -0.117. The Balaban J connectivity index is 2.71. The molecular weight excluding hydrogens is 212 g/mol. The number of ether oxygens (including phenoxy) is 2. The van der Waals surface area contributed by atoms with Gasteiger partial charge in [-0.15, -0.1) is 0 Å². The third-order valence-electron chi connectivity index (χ3n) is 2.43. The zero-order valence-corrected chi connectivity index (χ0v) is 9.55. The molecule has 2 atom stereocenters. The van der Waals surface area contributed by atoms with Gasteiger partial charge in [-0.2, -0.15) is 5.01 Å². The van der Waals surface area contributed by atoms with Gasteiger partial charge in [-0.25, -0.2) is 9.80 Å². The van der Waals surface area contributed by atoms with Crippen LogP contribution in [0.4, 0.5) is 4.79 Å². The Morgan fingerprint density at radius 3 is 3.06 bits per heavy atom. The van der Waals surface area contributed by atoms with Crippen molar-refractivity contribution < 1.29 is 14.3 Å². The zero-order chi connectivity index (χ0) is 12.1. The number of nitrogens with two attached hydrogens (primary N) is 1. The fourth-order valence-electron chi connectivity index (χ4n) is 1.52. The summed E-state index contributed by atoms with van der Waals surface area (Å²) in [5.41, 5.74) is 5.72. The van der Waals surface area contributed by atoms with E-state index < -0.39 is 12.3 Å². The van der Waals surface area contributed by atoms with Crippen molar-refractivity contribution in [3.63, 3.8) is 0 Å². The van der Waals surface area contributed by atoms with Crippen molar-refractivity contribution in [2.75, 3.05) is 19.8 Å². The van der Waals surface area contributed by atoms with E-state index in [0.29, 0.717) is 13.2 Å². The number of carbonyl (C=O) groups excluding carboxylic acids is 1. The van der Waals surface area contributed by atoms with Gasteiger partial charge in [0.25, 0.3) is 0 Å². The minimum Gasteiger partial charge on any atom is -0.448 e. The fourth-order valence-corrected chi connectivity index (χ4v) is 1.52. The molecule has 1 rings (SSSR count). The molecule has 0 radical (unpaired) electrons. The normalized spacial score (nSPS) is 26.2. The summed E-state index contributed by atoms with van der Waals surface area (Å²) in [5, 5.41) is 10.0. The van der Waals surface area contributed by atoms with E-state index in [-0.39, 0.29) is 12.6 Å². The molecule has 1 aliphatic heterocycles. The second-order valence-corrected chi connectivity index (χ2v) is 3.41. The molecule has 7 nitrogen and oxygen atoms in total. The van der Waals surface area contributed by atoms with Gasteiger partial charge in [0.05, 0.1) is 19.3 Å². The number of morpholine rings is 1. The highest BCUT2D eigenvalue weighted by Crippen LogP contribution is 2.13. The maximum Gasteiger partial charge on any atom is 0.430 e. The molecule has 0 aromatic heterocycles. The van der Waals surface area contributed by atoms with Crippen LogP contribution in [0.2, 0.25) is 0 Å². The Labute approximate surface area is 94.6 Å². The SMILES string of the molecule is CCOC(=O)N(C=N)N1CCOC(N)C1C. The molecular formula is C9H18N4O3. The molecule has 0 bridgehead atoms. The van der Waals surface area contributed by atoms with Crippen molar-refractivity contribution in [1.82, 2.24) is 10.0 Å². The van der Waals surface area contributed by atoms with Gasteiger partial charge < -0.3 is 15.2 Å². The monoisotopic (exact) mass is 230 g/mol. The molecule has 0 aromatic carbocycles. The lowest BCUT2D eigenvalue weighted by atomic mass is 10.2. The molecule has 1 aliphatic rings. The lowest BCUT2D eigenvalue weighted by Crippen LogP contribution is -2.60. The van der Waals surface area contributed by atoms with E-state index in [1.165, 1.54) is 0 Å². The van der Waals surface area contributed by atoms with Gasteiger partial charge >= 0.3 is 6.09 Å². The highest BCUT2D eigenvalue weighted by Gasteiger charge is 2.32. The molecule has 1 amide bonds. The van der Waals surface area contributed by atoms with Crippen molar-refractivity contribution >= 4 is 12.4 Å². The lowest BCUT2D eigenvalue weighted by Gasteiger charge is -2.41. The van der Waals surface area contributed by atoms with Crippen molar-refractivity contribution in [3.8, 4) is 0 Å². The van der Waals surface area contributed by atoms with Gasteiger partial charge in [-0.3, -0.25) is 5.41 Å². The summed E-state index contributed by atoms with van der Waals surface area (Å²) in [6.45, 7) is 4.75.